The summed E-state index contributed by atoms with van der Waals surface area (Å²) in [4.78, 5) is 12.6. The Morgan fingerprint density at radius 3 is 2.77 bits per heavy atom. The molecule has 3 atom stereocenters. The van der Waals surface area contributed by atoms with E-state index in [0.717, 1.165) is 28.7 Å². The standard InChI is InChI=1S/C14H15ClN4O2S/c15-12-11-10(1-2-22-11)13(18-17-12)16-9-3-7-5-19(14(20)21)6-8(7)4-9/h1-2,7-9H,3-6H2,(H,16,18)(H,20,21)/t7-,8+,9?. The number of fused-ring (bicyclic) bond motifs is 2. The molecule has 4 rings (SSSR count). The normalized spacial score (nSPS) is 27.3. The van der Waals surface area contributed by atoms with Crippen molar-refractivity contribution in [3.8, 4) is 0 Å². The maximum absolute atomic E-state index is 11.0. The highest BCUT2D eigenvalue weighted by molar-refractivity contribution is 7.17. The number of nitrogens with zero attached hydrogens (tertiary/aromatic N) is 3. The summed E-state index contributed by atoms with van der Waals surface area (Å²) in [6.45, 7) is 1.30. The van der Waals surface area contributed by atoms with Gasteiger partial charge in [-0.05, 0) is 36.1 Å². The Labute approximate surface area is 136 Å². The Balaban J connectivity index is 1.48. The molecule has 2 N–H and O–H groups in total. The number of anilines is 1. The first-order valence-corrected chi connectivity index (χ1v) is 8.51. The fraction of sp³-hybridized carbons (Fsp3) is 0.500. The second-order valence-electron chi connectivity index (χ2n) is 6.02. The molecule has 0 spiro atoms. The minimum Gasteiger partial charge on any atom is -0.465 e. The lowest BCUT2D eigenvalue weighted by atomic mass is 10.0. The van der Waals surface area contributed by atoms with Crippen LogP contribution in [0.25, 0.3) is 10.1 Å². The molecule has 1 aliphatic heterocycles. The monoisotopic (exact) mass is 338 g/mol. The van der Waals surface area contributed by atoms with E-state index in [-0.39, 0.29) is 0 Å². The van der Waals surface area contributed by atoms with Gasteiger partial charge in [-0.3, -0.25) is 0 Å². The summed E-state index contributed by atoms with van der Waals surface area (Å²) in [5, 5.41) is 24.2. The van der Waals surface area contributed by atoms with Crippen molar-refractivity contribution in [3.63, 3.8) is 0 Å². The van der Waals surface area contributed by atoms with E-state index >= 15 is 0 Å². The van der Waals surface area contributed by atoms with Gasteiger partial charge < -0.3 is 15.3 Å². The van der Waals surface area contributed by atoms with E-state index in [4.69, 9.17) is 16.7 Å². The molecule has 1 amide bonds. The van der Waals surface area contributed by atoms with Gasteiger partial charge in [0.1, 0.15) is 0 Å². The molecule has 116 valence electrons. The largest absolute Gasteiger partial charge is 0.465 e. The number of carboxylic acid groups (broad SMARTS) is 1. The Morgan fingerprint density at radius 2 is 2.09 bits per heavy atom. The molecule has 6 nitrogen and oxygen atoms in total. The molecule has 2 fully saturated rings. The average molecular weight is 339 g/mol. The molecule has 1 saturated carbocycles. The Morgan fingerprint density at radius 1 is 1.36 bits per heavy atom. The highest BCUT2D eigenvalue weighted by atomic mass is 35.5. The zero-order chi connectivity index (χ0) is 15.3. The SMILES string of the molecule is O=C(O)N1C[C@H]2CC(Nc3nnc(Cl)c4sccc34)C[C@H]2C1. The predicted octanol–water partition coefficient (Wildman–Crippen LogP) is 3.15. The predicted molar refractivity (Wildman–Crippen MR) is 85.6 cm³/mol. The van der Waals surface area contributed by atoms with E-state index in [1.54, 1.807) is 11.3 Å². The molecule has 1 unspecified atom stereocenters. The van der Waals surface area contributed by atoms with Gasteiger partial charge in [-0.15, -0.1) is 21.5 Å². The third-order valence-electron chi connectivity index (χ3n) is 4.71. The van der Waals surface area contributed by atoms with Crippen molar-refractivity contribution in [1.82, 2.24) is 15.1 Å². The van der Waals surface area contributed by atoms with Crippen LogP contribution >= 0.6 is 22.9 Å². The molecular formula is C14H15ClN4O2S. The highest BCUT2D eigenvalue weighted by Crippen LogP contribution is 2.40. The molecular weight excluding hydrogens is 324 g/mol. The number of likely N-dealkylation sites (tertiary alicyclic amines) is 1. The summed E-state index contributed by atoms with van der Waals surface area (Å²) in [7, 11) is 0. The molecule has 0 radical (unpaired) electrons. The van der Waals surface area contributed by atoms with Crippen molar-refractivity contribution < 1.29 is 9.90 Å². The maximum Gasteiger partial charge on any atom is 0.407 e. The summed E-state index contributed by atoms with van der Waals surface area (Å²) in [5.41, 5.74) is 0. The van der Waals surface area contributed by atoms with Crippen LogP contribution < -0.4 is 5.32 Å². The summed E-state index contributed by atoms with van der Waals surface area (Å²) < 4.78 is 0.953. The van der Waals surface area contributed by atoms with Crippen molar-refractivity contribution in [2.75, 3.05) is 18.4 Å². The lowest BCUT2D eigenvalue weighted by Gasteiger charge is -2.18. The van der Waals surface area contributed by atoms with Crippen molar-refractivity contribution in [1.29, 1.82) is 0 Å². The van der Waals surface area contributed by atoms with Gasteiger partial charge in [-0.2, -0.15) is 0 Å². The van der Waals surface area contributed by atoms with E-state index in [0.29, 0.717) is 36.1 Å². The smallest absolute Gasteiger partial charge is 0.407 e. The van der Waals surface area contributed by atoms with E-state index in [2.05, 4.69) is 15.5 Å². The number of aromatic nitrogens is 2. The van der Waals surface area contributed by atoms with Gasteiger partial charge in [0, 0.05) is 24.5 Å². The van der Waals surface area contributed by atoms with Gasteiger partial charge in [0.15, 0.2) is 11.0 Å². The average Bonchev–Trinajstić information content (AvgIpc) is 3.15. The number of halogens is 1. The number of amides is 1. The van der Waals surface area contributed by atoms with Crippen LogP contribution in [0, 0.1) is 11.8 Å². The summed E-state index contributed by atoms with van der Waals surface area (Å²) in [6.07, 6.45) is 1.15. The fourth-order valence-electron chi connectivity index (χ4n) is 3.72. The van der Waals surface area contributed by atoms with Gasteiger partial charge >= 0.3 is 6.09 Å². The van der Waals surface area contributed by atoms with Crippen LogP contribution in [0.2, 0.25) is 5.15 Å². The molecule has 2 aromatic rings. The minimum absolute atomic E-state index is 0.324. The molecule has 2 aromatic heterocycles. The van der Waals surface area contributed by atoms with Crippen molar-refractivity contribution in [2.24, 2.45) is 11.8 Å². The first-order chi connectivity index (χ1) is 10.6. The second-order valence-corrected chi connectivity index (χ2v) is 7.30. The number of hydrogen-bond acceptors (Lipinski definition) is 5. The first kappa shape index (κ1) is 14.0. The Kier molecular flexibility index (Phi) is 3.34. The van der Waals surface area contributed by atoms with E-state index in [1.165, 1.54) is 4.90 Å². The van der Waals surface area contributed by atoms with Crippen LogP contribution in [0.15, 0.2) is 11.4 Å². The highest BCUT2D eigenvalue weighted by Gasteiger charge is 2.42. The quantitative estimate of drug-likeness (QED) is 0.879. The van der Waals surface area contributed by atoms with Crippen LogP contribution in [0.1, 0.15) is 12.8 Å². The summed E-state index contributed by atoms with van der Waals surface area (Å²) in [6, 6.07) is 2.33. The van der Waals surface area contributed by atoms with Gasteiger partial charge in [0.25, 0.3) is 0 Å². The first-order valence-electron chi connectivity index (χ1n) is 7.25. The van der Waals surface area contributed by atoms with Crippen LogP contribution in [-0.2, 0) is 0 Å². The van der Waals surface area contributed by atoms with Crippen LogP contribution in [0.3, 0.4) is 0 Å². The lowest BCUT2D eigenvalue weighted by Crippen LogP contribution is -2.29. The van der Waals surface area contributed by atoms with E-state index < -0.39 is 6.09 Å². The number of rotatable bonds is 2. The third-order valence-corrected chi connectivity index (χ3v) is 6.01. The zero-order valence-corrected chi connectivity index (χ0v) is 13.3. The molecule has 0 bridgehead atoms. The minimum atomic E-state index is -0.803. The number of nitrogens with one attached hydrogen (secondary N) is 1. The Bertz CT molecular complexity index is 723. The molecule has 22 heavy (non-hydrogen) atoms. The topological polar surface area (TPSA) is 78.4 Å². The summed E-state index contributed by atoms with van der Waals surface area (Å²) >= 11 is 7.62. The Hall–Kier alpha value is -1.60. The second kappa shape index (κ2) is 5.24. The molecule has 1 saturated heterocycles. The van der Waals surface area contributed by atoms with E-state index in [9.17, 15) is 4.79 Å². The molecule has 3 heterocycles. The maximum atomic E-state index is 11.0. The molecule has 1 aliphatic carbocycles. The van der Waals surface area contributed by atoms with Gasteiger partial charge in [-0.1, -0.05) is 11.6 Å². The molecule has 8 heteroatoms. The van der Waals surface area contributed by atoms with Crippen LogP contribution in [0.4, 0.5) is 10.6 Å². The molecule has 2 aliphatic rings. The fourth-order valence-corrected chi connectivity index (χ4v) is 4.77. The third kappa shape index (κ3) is 2.28. The van der Waals surface area contributed by atoms with E-state index in [1.807, 2.05) is 11.4 Å². The van der Waals surface area contributed by atoms with Gasteiger partial charge in [0.2, 0.25) is 0 Å². The van der Waals surface area contributed by atoms with Crippen LogP contribution in [-0.4, -0.2) is 45.4 Å². The number of hydrogen-bond donors (Lipinski definition) is 2. The van der Waals surface area contributed by atoms with Crippen molar-refractivity contribution >= 4 is 44.9 Å². The van der Waals surface area contributed by atoms with Crippen molar-refractivity contribution in [2.45, 2.75) is 18.9 Å². The van der Waals surface area contributed by atoms with Gasteiger partial charge in [-0.25, -0.2) is 4.79 Å². The van der Waals surface area contributed by atoms with Gasteiger partial charge in [0.05, 0.1) is 4.70 Å². The summed E-state index contributed by atoms with van der Waals surface area (Å²) in [5.74, 6) is 1.68. The lowest BCUT2D eigenvalue weighted by molar-refractivity contribution is 0.152. The van der Waals surface area contributed by atoms with Crippen molar-refractivity contribution in [3.05, 3.63) is 16.6 Å². The number of thiophene rings is 1. The zero-order valence-electron chi connectivity index (χ0n) is 11.7. The molecule has 0 aromatic carbocycles. The number of carbonyl (C=O) groups is 1. The van der Waals surface area contributed by atoms with Crippen LogP contribution in [0.5, 0.6) is 0 Å².